The maximum absolute atomic E-state index is 12.6. The van der Waals surface area contributed by atoms with Crippen LogP contribution in [0.1, 0.15) is 18.5 Å². The number of rotatable bonds is 4. The van der Waals surface area contributed by atoms with E-state index in [9.17, 15) is 22.8 Å². The second-order valence-electron chi connectivity index (χ2n) is 6.43. The quantitative estimate of drug-likeness (QED) is 0.761. The molecule has 3 rings (SSSR count). The Morgan fingerprint density at radius 3 is 2.71 bits per heavy atom. The molecule has 0 saturated carbocycles. The van der Waals surface area contributed by atoms with E-state index in [2.05, 4.69) is 31.3 Å². The Kier molecular flexibility index (Phi) is 6.01. The lowest BCUT2D eigenvalue weighted by Crippen LogP contribution is -2.45. The molecule has 1 atom stereocenters. The van der Waals surface area contributed by atoms with Gasteiger partial charge in [-0.25, -0.2) is 4.98 Å². The van der Waals surface area contributed by atoms with Crippen LogP contribution in [0.15, 0.2) is 35.1 Å². The van der Waals surface area contributed by atoms with E-state index in [1.165, 1.54) is 4.90 Å². The molecule has 2 aromatic heterocycles. The van der Waals surface area contributed by atoms with Crippen molar-refractivity contribution < 1.29 is 22.8 Å². The minimum Gasteiger partial charge on any atom is -0.340 e. The van der Waals surface area contributed by atoms with Gasteiger partial charge in [0.05, 0.1) is 5.92 Å². The van der Waals surface area contributed by atoms with Crippen LogP contribution in [0.2, 0.25) is 0 Å². The van der Waals surface area contributed by atoms with Crippen molar-refractivity contribution in [3.8, 4) is 0 Å². The first-order valence-electron chi connectivity index (χ1n) is 8.53. The van der Waals surface area contributed by atoms with Gasteiger partial charge in [0.15, 0.2) is 5.69 Å². The Bertz CT molecular complexity index is 853. The van der Waals surface area contributed by atoms with Crippen LogP contribution < -0.4 is 5.32 Å². The summed E-state index contributed by atoms with van der Waals surface area (Å²) in [5, 5.41) is 6.10. The second-order valence-corrected chi connectivity index (χ2v) is 7.34. The molecule has 0 aliphatic carbocycles. The molecule has 1 aliphatic heterocycles. The van der Waals surface area contributed by atoms with Gasteiger partial charge in [0.1, 0.15) is 12.4 Å². The lowest BCUT2D eigenvalue weighted by atomic mass is 9.97. The number of halogens is 4. The fraction of sp³-hybridized carbons (Fsp3) is 0.412. The fourth-order valence-corrected chi connectivity index (χ4v) is 3.17. The third kappa shape index (κ3) is 5.09. The van der Waals surface area contributed by atoms with Crippen molar-refractivity contribution in [2.24, 2.45) is 5.92 Å². The molecular weight excluding hydrogens is 443 g/mol. The van der Waals surface area contributed by atoms with Crippen LogP contribution in [0.3, 0.4) is 0 Å². The zero-order chi connectivity index (χ0) is 20.3. The van der Waals surface area contributed by atoms with Crippen molar-refractivity contribution in [3.63, 3.8) is 0 Å². The first-order valence-corrected chi connectivity index (χ1v) is 9.32. The average molecular weight is 460 g/mol. The van der Waals surface area contributed by atoms with Crippen molar-refractivity contribution in [2.45, 2.75) is 25.6 Å². The molecule has 1 fully saturated rings. The number of likely N-dealkylation sites (tertiary alicyclic amines) is 1. The summed E-state index contributed by atoms with van der Waals surface area (Å²) in [7, 11) is 0. The van der Waals surface area contributed by atoms with Crippen LogP contribution in [-0.4, -0.2) is 44.6 Å². The largest absolute Gasteiger partial charge is 0.435 e. The number of carbonyl (C=O) groups excluding carboxylic acids is 2. The van der Waals surface area contributed by atoms with Gasteiger partial charge < -0.3 is 10.2 Å². The number of nitrogens with zero attached hydrogens (tertiary/aromatic N) is 4. The topological polar surface area (TPSA) is 80.1 Å². The summed E-state index contributed by atoms with van der Waals surface area (Å²) >= 11 is 3.26. The van der Waals surface area contributed by atoms with Crippen molar-refractivity contribution >= 4 is 33.6 Å². The number of aromatic nitrogens is 3. The minimum atomic E-state index is -4.55. The highest BCUT2D eigenvalue weighted by Gasteiger charge is 2.34. The normalized spacial score (nSPS) is 17.4. The summed E-state index contributed by atoms with van der Waals surface area (Å²) in [5.41, 5.74) is -1.04. The SMILES string of the molecule is O=C(Nc1ccc(Br)cn1)C1CCCN(C(=O)Cn2ccc(C(F)(F)F)n2)C1. The van der Waals surface area contributed by atoms with E-state index in [0.717, 1.165) is 21.4 Å². The van der Waals surface area contributed by atoms with Crippen LogP contribution in [-0.2, 0) is 22.3 Å². The van der Waals surface area contributed by atoms with Gasteiger partial charge >= 0.3 is 6.18 Å². The lowest BCUT2D eigenvalue weighted by Gasteiger charge is -2.32. The minimum absolute atomic E-state index is 0.203. The summed E-state index contributed by atoms with van der Waals surface area (Å²) in [5.74, 6) is -0.624. The van der Waals surface area contributed by atoms with Gasteiger partial charge in [-0.15, -0.1) is 0 Å². The molecule has 1 N–H and O–H groups in total. The third-order valence-electron chi connectivity index (χ3n) is 4.35. The van der Waals surface area contributed by atoms with E-state index >= 15 is 0 Å². The highest BCUT2D eigenvalue weighted by molar-refractivity contribution is 9.10. The van der Waals surface area contributed by atoms with Crippen molar-refractivity contribution in [1.29, 1.82) is 0 Å². The number of hydrogen-bond donors (Lipinski definition) is 1. The number of pyridine rings is 1. The van der Waals surface area contributed by atoms with Crippen molar-refractivity contribution in [2.75, 3.05) is 18.4 Å². The monoisotopic (exact) mass is 459 g/mol. The number of piperidine rings is 1. The molecule has 0 spiro atoms. The number of hydrogen-bond acceptors (Lipinski definition) is 4. The van der Waals surface area contributed by atoms with Crippen LogP contribution in [0.4, 0.5) is 19.0 Å². The Hall–Kier alpha value is -2.43. The summed E-state index contributed by atoms with van der Waals surface area (Å²) in [4.78, 5) is 30.4. The Morgan fingerprint density at radius 1 is 1.29 bits per heavy atom. The number of anilines is 1. The van der Waals surface area contributed by atoms with E-state index < -0.39 is 17.8 Å². The van der Waals surface area contributed by atoms with E-state index in [1.54, 1.807) is 18.3 Å². The molecule has 1 aliphatic rings. The maximum atomic E-state index is 12.6. The van der Waals surface area contributed by atoms with Gasteiger partial charge in [0, 0.05) is 30.0 Å². The third-order valence-corrected chi connectivity index (χ3v) is 4.82. The fourth-order valence-electron chi connectivity index (χ4n) is 2.94. The van der Waals surface area contributed by atoms with Crippen LogP contribution in [0, 0.1) is 5.92 Å². The van der Waals surface area contributed by atoms with E-state index in [-0.39, 0.29) is 24.9 Å². The van der Waals surface area contributed by atoms with Gasteiger partial charge in [-0.3, -0.25) is 14.3 Å². The first-order chi connectivity index (χ1) is 13.2. The van der Waals surface area contributed by atoms with E-state index in [0.29, 0.717) is 25.2 Å². The maximum Gasteiger partial charge on any atom is 0.435 e. The van der Waals surface area contributed by atoms with Crippen LogP contribution in [0.25, 0.3) is 0 Å². The zero-order valence-electron chi connectivity index (χ0n) is 14.6. The zero-order valence-corrected chi connectivity index (χ0v) is 16.2. The Labute approximate surface area is 167 Å². The number of carbonyl (C=O) groups is 2. The van der Waals surface area contributed by atoms with Gasteiger partial charge in [-0.1, -0.05) is 0 Å². The van der Waals surface area contributed by atoms with Crippen molar-refractivity contribution in [3.05, 3.63) is 40.8 Å². The summed E-state index contributed by atoms with van der Waals surface area (Å²) in [6.07, 6.45) is -0.625. The molecule has 28 heavy (non-hydrogen) atoms. The molecule has 2 amide bonds. The van der Waals surface area contributed by atoms with Crippen LogP contribution in [0.5, 0.6) is 0 Å². The van der Waals surface area contributed by atoms with Gasteiger partial charge in [0.2, 0.25) is 11.8 Å². The molecule has 2 aromatic rings. The second kappa shape index (κ2) is 8.29. The number of nitrogens with one attached hydrogen (secondary N) is 1. The molecule has 3 heterocycles. The summed E-state index contributed by atoms with van der Waals surface area (Å²) in [6, 6.07) is 4.23. The molecule has 0 bridgehead atoms. The molecule has 0 aromatic carbocycles. The molecule has 11 heteroatoms. The Morgan fingerprint density at radius 2 is 2.07 bits per heavy atom. The molecule has 1 saturated heterocycles. The molecule has 150 valence electrons. The average Bonchev–Trinajstić information content (AvgIpc) is 3.12. The first kappa shape index (κ1) is 20.3. The molecule has 7 nitrogen and oxygen atoms in total. The van der Waals surface area contributed by atoms with Gasteiger partial charge in [-0.05, 0) is 47.0 Å². The number of amides is 2. The van der Waals surface area contributed by atoms with E-state index in [1.807, 2.05) is 0 Å². The molecular formula is C17H17BrF3N5O2. The Balaban J connectivity index is 1.57. The molecule has 0 radical (unpaired) electrons. The van der Waals surface area contributed by atoms with Crippen LogP contribution >= 0.6 is 15.9 Å². The number of alkyl halides is 3. The summed E-state index contributed by atoms with van der Waals surface area (Å²) < 4.78 is 39.6. The van der Waals surface area contributed by atoms with Gasteiger partial charge in [0.25, 0.3) is 0 Å². The van der Waals surface area contributed by atoms with E-state index in [4.69, 9.17) is 0 Å². The smallest absolute Gasteiger partial charge is 0.340 e. The van der Waals surface area contributed by atoms with Gasteiger partial charge in [-0.2, -0.15) is 18.3 Å². The predicted molar refractivity (Wildman–Crippen MR) is 97.1 cm³/mol. The highest BCUT2D eigenvalue weighted by Crippen LogP contribution is 2.27. The van der Waals surface area contributed by atoms with Crippen molar-refractivity contribution in [1.82, 2.24) is 19.7 Å². The molecule has 1 unspecified atom stereocenters. The summed E-state index contributed by atoms with van der Waals surface area (Å²) in [6.45, 7) is 0.347. The standard InChI is InChI=1S/C17H17BrF3N5O2/c18-12-3-4-14(22-8-12)23-16(28)11-2-1-6-25(9-11)15(27)10-26-7-5-13(24-26)17(19,20)21/h3-5,7-8,11H,1-2,6,9-10H2,(H,22,23,28). The predicted octanol–water partition coefficient (Wildman–Crippen LogP) is 2.94. The lowest BCUT2D eigenvalue weighted by molar-refractivity contribution is -0.142. The highest BCUT2D eigenvalue weighted by atomic mass is 79.9.